The summed E-state index contributed by atoms with van der Waals surface area (Å²) in [7, 11) is 0. The zero-order valence-corrected chi connectivity index (χ0v) is 14.5. The molecule has 1 heterocycles. The average molecular weight is 327 g/mol. The van der Waals surface area contributed by atoms with E-state index in [1.54, 1.807) is 5.54 Å². The molecule has 2 aliphatic rings. The molecule has 1 saturated carbocycles. The first-order valence-corrected chi connectivity index (χ1v) is 9.36. The molecule has 1 aliphatic heterocycles. The van der Waals surface area contributed by atoms with Gasteiger partial charge < -0.3 is 9.47 Å². The highest BCUT2D eigenvalue weighted by Gasteiger charge is 2.32. The number of ether oxygens (including phenoxy) is 2. The Bertz CT molecular complexity index is 326. The highest BCUT2D eigenvalue weighted by molar-refractivity contribution is 6.25. The van der Waals surface area contributed by atoms with Crippen LogP contribution in [0.1, 0.15) is 57.8 Å². The molecule has 0 atom stereocenters. The van der Waals surface area contributed by atoms with Gasteiger partial charge in [-0.25, -0.2) is 0 Å². The first-order chi connectivity index (χ1) is 10.8. The van der Waals surface area contributed by atoms with Gasteiger partial charge in [0.1, 0.15) is 0 Å². The highest BCUT2D eigenvalue weighted by atomic mass is 35.5. The molecule has 1 aliphatic carbocycles. The van der Waals surface area contributed by atoms with Crippen molar-refractivity contribution in [3.05, 3.63) is 24.3 Å². The smallest absolute Gasteiger partial charge is 0.160 e. The first-order valence-electron chi connectivity index (χ1n) is 8.92. The molecular formula is C19H31ClO2. The molecule has 126 valence electrons. The van der Waals surface area contributed by atoms with Gasteiger partial charge in [-0.3, -0.25) is 0 Å². The summed E-state index contributed by atoms with van der Waals surface area (Å²) in [6.45, 7) is 5.53. The summed E-state index contributed by atoms with van der Waals surface area (Å²) in [4.78, 5) is 0. The van der Waals surface area contributed by atoms with E-state index in [1.807, 2.05) is 6.08 Å². The third kappa shape index (κ3) is 6.06. The van der Waals surface area contributed by atoms with Crippen molar-refractivity contribution in [2.24, 2.45) is 17.8 Å². The molecular weight excluding hydrogens is 296 g/mol. The van der Waals surface area contributed by atoms with Crippen LogP contribution in [0.25, 0.3) is 0 Å². The van der Waals surface area contributed by atoms with Gasteiger partial charge in [-0.05, 0) is 63.7 Å². The SMILES string of the molecule is C=CCCC[C@H]1CO[C@H]([C@H]2CC[C@H](CC/C=C/Cl)CC2)OC1. The fourth-order valence-corrected chi connectivity index (χ4v) is 3.82. The van der Waals surface area contributed by atoms with Gasteiger partial charge in [-0.15, -0.1) is 6.58 Å². The van der Waals surface area contributed by atoms with Crippen LogP contribution >= 0.6 is 11.6 Å². The number of unbranched alkanes of at least 4 members (excludes halogenated alkanes) is 1. The van der Waals surface area contributed by atoms with E-state index in [0.29, 0.717) is 11.8 Å². The summed E-state index contributed by atoms with van der Waals surface area (Å²) in [6.07, 6.45) is 15.1. The van der Waals surface area contributed by atoms with Gasteiger partial charge >= 0.3 is 0 Å². The minimum absolute atomic E-state index is 0.0549. The summed E-state index contributed by atoms with van der Waals surface area (Å²) < 4.78 is 12.0. The number of rotatable bonds is 8. The minimum Gasteiger partial charge on any atom is -0.352 e. The van der Waals surface area contributed by atoms with Crippen LogP contribution in [0.15, 0.2) is 24.3 Å². The summed E-state index contributed by atoms with van der Waals surface area (Å²) in [5, 5.41) is 0. The van der Waals surface area contributed by atoms with Gasteiger partial charge in [-0.2, -0.15) is 0 Å². The average Bonchev–Trinajstić information content (AvgIpc) is 2.57. The number of halogens is 1. The van der Waals surface area contributed by atoms with E-state index >= 15 is 0 Å². The molecule has 0 amide bonds. The molecule has 0 aromatic rings. The highest BCUT2D eigenvalue weighted by Crippen LogP contribution is 2.36. The van der Waals surface area contributed by atoms with Crippen molar-refractivity contribution in [1.82, 2.24) is 0 Å². The van der Waals surface area contributed by atoms with Crippen molar-refractivity contribution in [2.45, 2.75) is 64.1 Å². The monoisotopic (exact) mass is 326 g/mol. The lowest BCUT2D eigenvalue weighted by Gasteiger charge is -2.37. The van der Waals surface area contributed by atoms with Crippen molar-refractivity contribution < 1.29 is 9.47 Å². The van der Waals surface area contributed by atoms with Gasteiger partial charge in [0.25, 0.3) is 0 Å². The standard InChI is InChI=1S/C19H31ClO2/c1-2-3-4-8-17-14-21-19(22-15-17)18-11-9-16(10-12-18)7-5-6-13-20/h2,6,13,16-19H,1,3-5,7-12,14-15H2/b13-6+/t16-,17-,18-,19-. The zero-order valence-electron chi connectivity index (χ0n) is 13.7. The lowest BCUT2D eigenvalue weighted by Crippen LogP contribution is -2.38. The Morgan fingerprint density at radius 2 is 1.68 bits per heavy atom. The molecule has 2 fully saturated rings. The second-order valence-electron chi connectivity index (χ2n) is 6.84. The lowest BCUT2D eigenvalue weighted by molar-refractivity contribution is -0.230. The van der Waals surface area contributed by atoms with Crippen LogP contribution < -0.4 is 0 Å². The van der Waals surface area contributed by atoms with Crippen LogP contribution in [0.4, 0.5) is 0 Å². The van der Waals surface area contributed by atoms with Crippen LogP contribution in [0.3, 0.4) is 0 Å². The summed E-state index contributed by atoms with van der Waals surface area (Å²) in [5.74, 6) is 2.04. The van der Waals surface area contributed by atoms with Gasteiger partial charge in [0.15, 0.2) is 6.29 Å². The van der Waals surface area contributed by atoms with Crippen LogP contribution in [0.5, 0.6) is 0 Å². The fourth-order valence-electron chi connectivity index (χ4n) is 3.69. The van der Waals surface area contributed by atoms with Gasteiger partial charge in [-0.1, -0.05) is 23.8 Å². The zero-order chi connectivity index (χ0) is 15.6. The quantitative estimate of drug-likeness (QED) is 0.422. The summed E-state index contributed by atoms with van der Waals surface area (Å²) >= 11 is 5.58. The first kappa shape index (κ1) is 18.0. The van der Waals surface area contributed by atoms with E-state index in [4.69, 9.17) is 21.1 Å². The molecule has 1 saturated heterocycles. The minimum atomic E-state index is 0.0549. The predicted molar refractivity (Wildman–Crippen MR) is 92.9 cm³/mol. The summed E-state index contributed by atoms with van der Waals surface area (Å²) in [5.41, 5.74) is 1.64. The maximum atomic E-state index is 6.02. The molecule has 0 radical (unpaired) electrons. The Balaban J connectivity index is 1.61. The Hall–Kier alpha value is -0.310. The molecule has 2 nitrogen and oxygen atoms in total. The van der Waals surface area contributed by atoms with Crippen LogP contribution in [-0.4, -0.2) is 19.5 Å². The molecule has 0 aromatic heterocycles. The fraction of sp³-hybridized carbons (Fsp3) is 0.789. The van der Waals surface area contributed by atoms with Gasteiger partial charge in [0, 0.05) is 17.4 Å². The summed E-state index contributed by atoms with van der Waals surface area (Å²) in [6, 6.07) is 0. The van der Waals surface area contributed by atoms with Crippen molar-refractivity contribution in [3.63, 3.8) is 0 Å². The molecule has 3 heteroatoms. The molecule has 0 bridgehead atoms. The lowest BCUT2D eigenvalue weighted by atomic mass is 9.79. The molecule has 0 spiro atoms. The van der Waals surface area contributed by atoms with Crippen molar-refractivity contribution in [2.75, 3.05) is 13.2 Å². The van der Waals surface area contributed by atoms with Crippen LogP contribution in [0, 0.1) is 17.8 Å². The Morgan fingerprint density at radius 1 is 0.955 bits per heavy atom. The Labute approximate surface area is 140 Å². The van der Waals surface area contributed by atoms with E-state index in [2.05, 4.69) is 12.7 Å². The van der Waals surface area contributed by atoms with Crippen molar-refractivity contribution >= 4 is 11.6 Å². The van der Waals surface area contributed by atoms with Crippen molar-refractivity contribution in [1.29, 1.82) is 0 Å². The van der Waals surface area contributed by atoms with Crippen LogP contribution in [0.2, 0.25) is 0 Å². The Kier molecular flexibility index (Phi) is 8.58. The number of allylic oxidation sites excluding steroid dienone is 2. The van der Waals surface area contributed by atoms with E-state index in [0.717, 1.165) is 32.0 Å². The van der Waals surface area contributed by atoms with Gasteiger partial charge in [0.2, 0.25) is 0 Å². The third-order valence-corrected chi connectivity index (χ3v) is 5.30. The normalized spacial score (nSPS) is 33.1. The maximum Gasteiger partial charge on any atom is 0.160 e. The molecule has 0 unspecified atom stereocenters. The molecule has 0 N–H and O–H groups in total. The second kappa shape index (κ2) is 10.5. The molecule has 0 aromatic carbocycles. The molecule has 22 heavy (non-hydrogen) atoms. The van der Waals surface area contributed by atoms with Crippen LogP contribution in [-0.2, 0) is 9.47 Å². The number of hydrogen-bond acceptors (Lipinski definition) is 2. The van der Waals surface area contributed by atoms with E-state index in [1.165, 1.54) is 44.9 Å². The largest absolute Gasteiger partial charge is 0.352 e. The topological polar surface area (TPSA) is 18.5 Å². The van der Waals surface area contributed by atoms with E-state index in [-0.39, 0.29) is 6.29 Å². The maximum absolute atomic E-state index is 6.02. The second-order valence-corrected chi connectivity index (χ2v) is 7.09. The third-order valence-electron chi connectivity index (χ3n) is 5.12. The van der Waals surface area contributed by atoms with E-state index in [9.17, 15) is 0 Å². The molecule has 2 rings (SSSR count). The van der Waals surface area contributed by atoms with Gasteiger partial charge in [0.05, 0.1) is 13.2 Å². The number of hydrogen-bond donors (Lipinski definition) is 0. The van der Waals surface area contributed by atoms with E-state index < -0.39 is 0 Å². The predicted octanol–water partition coefficient (Wildman–Crippen LogP) is 5.67. The Morgan fingerprint density at radius 3 is 2.32 bits per heavy atom. The van der Waals surface area contributed by atoms with Crippen molar-refractivity contribution in [3.8, 4) is 0 Å².